The molecule has 96 valence electrons. The average molecular weight is 255 g/mol. The van der Waals surface area contributed by atoms with Crippen molar-refractivity contribution in [1.82, 2.24) is 10.6 Å². The van der Waals surface area contributed by atoms with Gasteiger partial charge in [-0.25, -0.2) is 0 Å². The summed E-state index contributed by atoms with van der Waals surface area (Å²) in [6, 6.07) is 0.464. The van der Waals surface area contributed by atoms with Gasteiger partial charge in [-0.1, -0.05) is 25.6 Å². The maximum atomic E-state index is 11.4. The Kier molecular flexibility index (Phi) is 4.31. The molecule has 0 bridgehead atoms. The normalized spacial score (nSPS) is 23.7. The third-order valence-electron chi connectivity index (χ3n) is 2.99. The fourth-order valence-corrected chi connectivity index (χ4v) is 2.69. The summed E-state index contributed by atoms with van der Waals surface area (Å²) in [6.07, 6.45) is 2.85. The lowest BCUT2D eigenvalue weighted by atomic mass is 10.1. The maximum absolute atomic E-state index is 11.4. The summed E-state index contributed by atoms with van der Waals surface area (Å²) in [6.45, 7) is 6.03. The van der Waals surface area contributed by atoms with Gasteiger partial charge >= 0.3 is 0 Å². The number of amidine groups is 1. The first-order chi connectivity index (χ1) is 8.15. The molecule has 4 nitrogen and oxygen atoms in total. The molecule has 0 spiro atoms. The van der Waals surface area contributed by atoms with Crippen LogP contribution in [0.15, 0.2) is 4.99 Å². The van der Waals surface area contributed by atoms with E-state index in [1.54, 1.807) is 11.8 Å². The van der Waals surface area contributed by atoms with Crippen molar-refractivity contribution in [3.8, 4) is 0 Å². The van der Waals surface area contributed by atoms with E-state index in [0.717, 1.165) is 24.6 Å². The van der Waals surface area contributed by atoms with Gasteiger partial charge in [-0.3, -0.25) is 9.79 Å². The summed E-state index contributed by atoms with van der Waals surface area (Å²) < 4.78 is 0. The summed E-state index contributed by atoms with van der Waals surface area (Å²) in [5, 5.41) is 7.82. The monoisotopic (exact) mass is 255 g/mol. The summed E-state index contributed by atoms with van der Waals surface area (Å²) in [5.74, 6) is 0.810. The molecule has 0 aromatic rings. The number of nitrogens with zero attached hydrogens (tertiary/aromatic N) is 1. The van der Waals surface area contributed by atoms with E-state index in [-0.39, 0.29) is 5.91 Å². The van der Waals surface area contributed by atoms with E-state index in [1.165, 1.54) is 0 Å². The molecule has 5 heteroatoms. The van der Waals surface area contributed by atoms with E-state index in [2.05, 4.69) is 29.5 Å². The van der Waals surface area contributed by atoms with Crippen molar-refractivity contribution in [2.45, 2.75) is 44.4 Å². The third kappa shape index (κ3) is 4.22. The molecule has 0 aromatic heterocycles. The van der Waals surface area contributed by atoms with Gasteiger partial charge in [-0.15, -0.1) is 0 Å². The van der Waals surface area contributed by atoms with E-state index >= 15 is 0 Å². The van der Waals surface area contributed by atoms with Gasteiger partial charge in [0.25, 0.3) is 0 Å². The minimum absolute atomic E-state index is 0.156. The van der Waals surface area contributed by atoms with E-state index in [9.17, 15) is 4.79 Å². The van der Waals surface area contributed by atoms with Crippen LogP contribution < -0.4 is 10.6 Å². The zero-order valence-corrected chi connectivity index (χ0v) is 11.3. The van der Waals surface area contributed by atoms with Crippen LogP contribution in [0.4, 0.5) is 0 Å². The van der Waals surface area contributed by atoms with Crippen LogP contribution in [0.2, 0.25) is 0 Å². The lowest BCUT2D eigenvalue weighted by molar-refractivity contribution is -0.121. The lowest BCUT2D eigenvalue weighted by Crippen LogP contribution is -2.30. The van der Waals surface area contributed by atoms with E-state index in [1.807, 2.05) is 0 Å². The van der Waals surface area contributed by atoms with Crippen molar-refractivity contribution in [2.75, 3.05) is 13.1 Å². The fourth-order valence-electron chi connectivity index (χ4n) is 1.65. The Labute approximate surface area is 107 Å². The van der Waals surface area contributed by atoms with Crippen LogP contribution in [0, 0.1) is 5.92 Å². The fraction of sp³-hybridized carbons (Fsp3) is 0.833. The number of rotatable bonds is 5. The molecule has 1 aliphatic carbocycles. The molecule has 0 saturated heterocycles. The van der Waals surface area contributed by atoms with Gasteiger partial charge in [0.2, 0.25) is 5.91 Å². The molecule has 1 heterocycles. The zero-order valence-electron chi connectivity index (χ0n) is 10.5. The van der Waals surface area contributed by atoms with Crippen molar-refractivity contribution in [3.05, 3.63) is 0 Å². The Bertz CT molecular complexity index is 313. The highest BCUT2D eigenvalue weighted by atomic mass is 32.2. The molecule has 2 rings (SSSR count). The van der Waals surface area contributed by atoms with Crippen LogP contribution in [0.5, 0.6) is 0 Å². The Morgan fingerprint density at radius 3 is 2.88 bits per heavy atom. The van der Waals surface area contributed by atoms with Gasteiger partial charge in [0.1, 0.15) is 0 Å². The van der Waals surface area contributed by atoms with Crippen molar-refractivity contribution < 1.29 is 4.79 Å². The molecule has 1 atom stereocenters. The second-order valence-electron chi connectivity index (χ2n) is 5.06. The average Bonchev–Trinajstić information content (AvgIpc) is 2.94. The number of amides is 1. The molecular weight excluding hydrogens is 234 g/mol. The van der Waals surface area contributed by atoms with E-state index in [4.69, 9.17) is 0 Å². The molecular formula is C12H21N3OS. The number of thioether (sulfide) groups is 1. The highest BCUT2D eigenvalue weighted by Gasteiger charge is 2.24. The minimum atomic E-state index is 0.156. The first kappa shape index (κ1) is 12.7. The summed E-state index contributed by atoms with van der Waals surface area (Å²) in [5.41, 5.74) is 0. The van der Waals surface area contributed by atoms with Gasteiger partial charge in [-0.05, 0) is 18.8 Å². The smallest absolute Gasteiger partial charge is 0.221 e. The molecule has 0 radical (unpaired) electrons. The molecule has 2 aliphatic rings. The van der Waals surface area contributed by atoms with Gasteiger partial charge in [0.05, 0.1) is 6.54 Å². The second-order valence-corrected chi connectivity index (χ2v) is 6.29. The molecule has 1 amide bonds. The molecule has 17 heavy (non-hydrogen) atoms. The molecule has 1 saturated carbocycles. The number of nitrogens with one attached hydrogen (secondary N) is 2. The maximum Gasteiger partial charge on any atom is 0.221 e. The number of hydrogen-bond donors (Lipinski definition) is 2. The van der Waals surface area contributed by atoms with Crippen molar-refractivity contribution in [2.24, 2.45) is 10.9 Å². The highest BCUT2D eigenvalue weighted by molar-refractivity contribution is 8.14. The van der Waals surface area contributed by atoms with Crippen molar-refractivity contribution in [3.63, 3.8) is 0 Å². The third-order valence-corrected chi connectivity index (χ3v) is 4.49. The highest BCUT2D eigenvalue weighted by Crippen LogP contribution is 2.25. The van der Waals surface area contributed by atoms with E-state index < -0.39 is 0 Å². The molecule has 0 aromatic carbocycles. The quantitative estimate of drug-likeness (QED) is 0.780. The van der Waals surface area contributed by atoms with Crippen LogP contribution in [0.3, 0.4) is 0 Å². The standard InChI is InChI=1S/C12H21N3OS/c1-8(2)10-7-14-12(17-10)13-6-5-11(16)15-9-3-4-9/h8-10H,3-7H2,1-2H3,(H,13,14)(H,15,16). The van der Waals surface area contributed by atoms with Crippen molar-refractivity contribution >= 4 is 22.8 Å². The number of aliphatic imine (C=N–C) groups is 1. The number of carbonyl (C=O) groups excluding carboxylic acids is 1. The lowest BCUT2D eigenvalue weighted by Gasteiger charge is -2.12. The topological polar surface area (TPSA) is 53.5 Å². The second kappa shape index (κ2) is 5.76. The van der Waals surface area contributed by atoms with Crippen LogP contribution in [0.1, 0.15) is 33.1 Å². The van der Waals surface area contributed by atoms with Gasteiger partial charge in [0.15, 0.2) is 5.17 Å². The Balaban J connectivity index is 1.57. The largest absolute Gasteiger partial charge is 0.364 e. The van der Waals surface area contributed by atoms with Crippen LogP contribution in [-0.4, -0.2) is 35.5 Å². The molecule has 1 unspecified atom stereocenters. The SMILES string of the molecule is CC(C)C1CN=C(NCCC(=O)NC2CC2)S1. The zero-order chi connectivity index (χ0) is 12.3. The first-order valence-electron chi connectivity index (χ1n) is 6.39. The predicted molar refractivity (Wildman–Crippen MR) is 72.3 cm³/mol. The van der Waals surface area contributed by atoms with Gasteiger partial charge < -0.3 is 10.6 Å². The Morgan fingerprint density at radius 2 is 2.29 bits per heavy atom. The van der Waals surface area contributed by atoms with Crippen LogP contribution in [0.25, 0.3) is 0 Å². The van der Waals surface area contributed by atoms with Gasteiger partial charge in [-0.2, -0.15) is 0 Å². The molecule has 1 fully saturated rings. The summed E-state index contributed by atoms with van der Waals surface area (Å²) in [7, 11) is 0. The minimum Gasteiger partial charge on any atom is -0.364 e. The summed E-state index contributed by atoms with van der Waals surface area (Å²) in [4.78, 5) is 15.9. The van der Waals surface area contributed by atoms with Crippen LogP contribution in [-0.2, 0) is 4.79 Å². The predicted octanol–water partition coefficient (Wildman–Crippen LogP) is 1.37. The van der Waals surface area contributed by atoms with Crippen LogP contribution >= 0.6 is 11.8 Å². The van der Waals surface area contributed by atoms with E-state index in [0.29, 0.717) is 30.2 Å². The molecule has 2 N–H and O–H groups in total. The Morgan fingerprint density at radius 1 is 1.53 bits per heavy atom. The molecule has 1 aliphatic heterocycles. The number of carbonyl (C=O) groups is 1. The number of hydrogen-bond acceptors (Lipinski definition) is 4. The summed E-state index contributed by atoms with van der Waals surface area (Å²) >= 11 is 1.80. The van der Waals surface area contributed by atoms with Crippen molar-refractivity contribution in [1.29, 1.82) is 0 Å². The Hall–Kier alpha value is -0.710. The van der Waals surface area contributed by atoms with Gasteiger partial charge in [0, 0.05) is 24.3 Å². The first-order valence-corrected chi connectivity index (χ1v) is 7.27.